The Balaban J connectivity index is 1.32. The van der Waals surface area contributed by atoms with E-state index in [0.717, 1.165) is 59.9 Å². The number of fused-ring (bicyclic) bond motifs is 1. The molecule has 174 valence electrons. The van der Waals surface area contributed by atoms with E-state index in [-0.39, 0.29) is 11.9 Å². The molecule has 0 unspecified atom stereocenters. The number of nitrogens with zero attached hydrogens (tertiary/aromatic N) is 3. The standard InChI is InChI=1S/C25H30N4O3S/c1-2-32-24(30)18-28-10-9-20-15-21(5-6-22(20)17-28)25(31)27-23-7-3-19(4-8-23)16-26-29-11-13-33-14-12-29/h3-8,15-16H,2,9-14,17-18H2,1H3,(H,27,31). The Morgan fingerprint density at radius 1 is 1.09 bits per heavy atom. The van der Waals surface area contributed by atoms with Gasteiger partial charge in [-0.1, -0.05) is 18.2 Å². The van der Waals surface area contributed by atoms with Crippen molar-refractivity contribution >= 4 is 35.5 Å². The highest BCUT2D eigenvalue weighted by Gasteiger charge is 2.20. The van der Waals surface area contributed by atoms with Crippen LogP contribution in [0.3, 0.4) is 0 Å². The summed E-state index contributed by atoms with van der Waals surface area (Å²) in [6, 6.07) is 13.5. The van der Waals surface area contributed by atoms with Gasteiger partial charge in [-0.3, -0.25) is 19.5 Å². The quantitative estimate of drug-likeness (QED) is 0.499. The fourth-order valence-electron chi connectivity index (χ4n) is 3.95. The highest BCUT2D eigenvalue weighted by Crippen LogP contribution is 2.21. The first-order valence-corrected chi connectivity index (χ1v) is 12.5. The summed E-state index contributed by atoms with van der Waals surface area (Å²) in [5.74, 6) is 1.92. The summed E-state index contributed by atoms with van der Waals surface area (Å²) >= 11 is 1.96. The fraction of sp³-hybridized carbons (Fsp3) is 0.400. The van der Waals surface area contributed by atoms with Gasteiger partial charge in [-0.15, -0.1) is 0 Å². The fourth-order valence-corrected chi connectivity index (χ4v) is 4.83. The Bertz CT molecular complexity index is 1000. The average Bonchev–Trinajstić information content (AvgIpc) is 2.84. The number of esters is 1. The van der Waals surface area contributed by atoms with Gasteiger partial charge in [-0.25, -0.2) is 0 Å². The van der Waals surface area contributed by atoms with Crippen LogP contribution in [0, 0.1) is 0 Å². The minimum Gasteiger partial charge on any atom is -0.465 e. The zero-order valence-electron chi connectivity index (χ0n) is 19.0. The first-order valence-electron chi connectivity index (χ1n) is 11.4. The summed E-state index contributed by atoms with van der Waals surface area (Å²) in [6.45, 7) is 5.95. The average molecular weight is 467 g/mol. The van der Waals surface area contributed by atoms with Crippen molar-refractivity contribution < 1.29 is 14.3 Å². The molecule has 2 aromatic rings. The summed E-state index contributed by atoms with van der Waals surface area (Å²) in [4.78, 5) is 26.6. The highest BCUT2D eigenvalue weighted by atomic mass is 32.2. The molecule has 2 aromatic carbocycles. The Morgan fingerprint density at radius 2 is 1.88 bits per heavy atom. The highest BCUT2D eigenvalue weighted by molar-refractivity contribution is 7.99. The van der Waals surface area contributed by atoms with E-state index in [1.165, 1.54) is 0 Å². The van der Waals surface area contributed by atoms with Gasteiger partial charge >= 0.3 is 5.97 Å². The number of ether oxygens (including phenoxy) is 1. The van der Waals surface area contributed by atoms with Gasteiger partial charge in [0, 0.05) is 48.9 Å². The number of amides is 1. The molecule has 0 atom stereocenters. The van der Waals surface area contributed by atoms with Gasteiger partial charge in [0.1, 0.15) is 0 Å². The molecule has 0 aromatic heterocycles. The third kappa shape index (κ3) is 6.58. The van der Waals surface area contributed by atoms with Crippen LogP contribution in [0.1, 0.15) is 34.0 Å². The third-order valence-electron chi connectivity index (χ3n) is 5.74. The summed E-state index contributed by atoms with van der Waals surface area (Å²) in [7, 11) is 0. The van der Waals surface area contributed by atoms with Crippen LogP contribution in [0.5, 0.6) is 0 Å². The number of nitrogens with one attached hydrogen (secondary N) is 1. The summed E-state index contributed by atoms with van der Waals surface area (Å²) in [5.41, 5.74) is 4.71. The number of carbonyl (C=O) groups excluding carboxylic acids is 2. The van der Waals surface area contributed by atoms with Crippen LogP contribution < -0.4 is 5.32 Å². The molecule has 0 spiro atoms. The van der Waals surface area contributed by atoms with Gasteiger partial charge in [0.05, 0.1) is 19.4 Å². The van der Waals surface area contributed by atoms with Crippen molar-refractivity contribution in [1.82, 2.24) is 9.91 Å². The Morgan fingerprint density at radius 3 is 2.64 bits per heavy atom. The molecule has 1 saturated heterocycles. The van der Waals surface area contributed by atoms with Crippen LogP contribution in [-0.4, -0.2) is 72.3 Å². The first kappa shape index (κ1) is 23.3. The number of anilines is 1. The van der Waals surface area contributed by atoms with Crippen LogP contribution in [0.15, 0.2) is 47.6 Å². The van der Waals surface area contributed by atoms with Crippen LogP contribution in [-0.2, 0) is 22.5 Å². The van der Waals surface area contributed by atoms with E-state index in [2.05, 4.69) is 20.3 Å². The molecule has 0 bridgehead atoms. The van der Waals surface area contributed by atoms with Crippen molar-refractivity contribution in [3.63, 3.8) is 0 Å². The zero-order chi connectivity index (χ0) is 23.0. The van der Waals surface area contributed by atoms with E-state index in [9.17, 15) is 9.59 Å². The van der Waals surface area contributed by atoms with E-state index in [0.29, 0.717) is 25.3 Å². The monoisotopic (exact) mass is 466 g/mol. The molecule has 2 aliphatic heterocycles. The minimum atomic E-state index is -0.195. The van der Waals surface area contributed by atoms with Gasteiger partial charge in [0.15, 0.2) is 0 Å². The van der Waals surface area contributed by atoms with Gasteiger partial charge in [0.2, 0.25) is 0 Å². The second-order valence-corrected chi connectivity index (χ2v) is 9.36. The van der Waals surface area contributed by atoms with E-state index >= 15 is 0 Å². The summed E-state index contributed by atoms with van der Waals surface area (Å²) < 4.78 is 5.04. The van der Waals surface area contributed by atoms with E-state index in [1.54, 1.807) is 0 Å². The molecule has 2 aliphatic rings. The number of hydrazone groups is 1. The van der Waals surface area contributed by atoms with Crippen LogP contribution in [0.25, 0.3) is 0 Å². The smallest absolute Gasteiger partial charge is 0.320 e. The Labute approximate surface area is 199 Å². The molecule has 4 rings (SSSR count). The molecule has 2 heterocycles. The second-order valence-electron chi connectivity index (χ2n) is 8.14. The lowest BCUT2D eigenvalue weighted by Crippen LogP contribution is -2.35. The van der Waals surface area contributed by atoms with Crippen molar-refractivity contribution in [3.8, 4) is 0 Å². The number of hydrogen-bond donors (Lipinski definition) is 1. The van der Waals surface area contributed by atoms with E-state index in [4.69, 9.17) is 4.74 Å². The van der Waals surface area contributed by atoms with Crippen molar-refractivity contribution in [2.45, 2.75) is 19.9 Å². The number of rotatable bonds is 7. The number of carbonyl (C=O) groups is 2. The van der Waals surface area contributed by atoms with Gasteiger partial charge in [-0.05, 0) is 54.3 Å². The molecule has 1 N–H and O–H groups in total. The third-order valence-corrected chi connectivity index (χ3v) is 6.69. The van der Waals surface area contributed by atoms with Gasteiger partial charge < -0.3 is 10.1 Å². The van der Waals surface area contributed by atoms with E-state index in [1.807, 2.05) is 67.4 Å². The molecule has 0 radical (unpaired) electrons. The molecular formula is C25H30N4O3S. The molecule has 7 nitrogen and oxygen atoms in total. The lowest BCUT2D eigenvalue weighted by molar-refractivity contribution is -0.144. The first-order chi connectivity index (χ1) is 16.1. The molecule has 1 amide bonds. The molecule has 1 fully saturated rings. The van der Waals surface area contributed by atoms with Crippen LogP contribution in [0.4, 0.5) is 5.69 Å². The van der Waals surface area contributed by atoms with Crippen molar-refractivity contribution in [3.05, 3.63) is 64.7 Å². The lowest BCUT2D eigenvalue weighted by atomic mass is 9.97. The number of thioether (sulfide) groups is 1. The zero-order valence-corrected chi connectivity index (χ0v) is 19.8. The second kappa shape index (κ2) is 11.3. The number of hydrogen-bond acceptors (Lipinski definition) is 7. The van der Waals surface area contributed by atoms with Gasteiger partial charge in [0.25, 0.3) is 5.91 Å². The number of benzene rings is 2. The summed E-state index contributed by atoms with van der Waals surface area (Å²) in [6.07, 6.45) is 2.68. The maximum absolute atomic E-state index is 12.8. The Hall–Kier alpha value is -2.84. The SMILES string of the molecule is CCOC(=O)CN1CCc2cc(C(=O)Nc3ccc(C=NN4CCSCC4)cc3)ccc2C1. The van der Waals surface area contributed by atoms with E-state index < -0.39 is 0 Å². The minimum absolute atomic E-state index is 0.126. The van der Waals surface area contributed by atoms with Crippen LogP contribution in [0.2, 0.25) is 0 Å². The van der Waals surface area contributed by atoms with Crippen molar-refractivity contribution in [2.75, 3.05) is 49.6 Å². The molecule has 33 heavy (non-hydrogen) atoms. The van der Waals surface area contributed by atoms with Crippen LogP contribution >= 0.6 is 11.8 Å². The molecule has 0 saturated carbocycles. The predicted molar refractivity (Wildman–Crippen MR) is 133 cm³/mol. The molecule has 8 heteroatoms. The molecule has 0 aliphatic carbocycles. The molecular weight excluding hydrogens is 436 g/mol. The van der Waals surface area contributed by atoms with Gasteiger partial charge in [-0.2, -0.15) is 16.9 Å². The Kier molecular flexibility index (Phi) is 8.01. The maximum atomic E-state index is 12.8. The van der Waals surface area contributed by atoms with Crippen molar-refractivity contribution in [2.24, 2.45) is 5.10 Å². The topological polar surface area (TPSA) is 74.2 Å². The van der Waals surface area contributed by atoms with Crippen molar-refractivity contribution in [1.29, 1.82) is 0 Å². The lowest BCUT2D eigenvalue weighted by Gasteiger charge is -2.28. The normalized spacial score (nSPS) is 16.5. The largest absolute Gasteiger partial charge is 0.465 e. The summed E-state index contributed by atoms with van der Waals surface area (Å²) in [5, 5.41) is 9.62. The predicted octanol–water partition coefficient (Wildman–Crippen LogP) is 3.24. The maximum Gasteiger partial charge on any atom is 0.320 e.